The van der Waals surface area contributed by atoms with Crippen LogP contribution < -0.4 is 4.74 Å². The van der Waals surface area contributed by atoms with Gasteiger partial charge in [-0.15, -0.1) is 0 Å². The zero-order valence-electron chi connectivity index (χ0n) is 17.6. The van der Waals surface area contributed by atoms with Crippen LogP contribution in [0, 0.1) is 4.84 Å². The van der Waals surface area contributed by atoms with Crippen LogP contribution in [0.4, 0.5) is 0 Å². The quantitative estimate of drug-likeness (QED) is 0.440. The molecule has 0 unspecified atom stereocenters. The van der Waals surface area contributed by atoms with E-state index in [-0.39, 0.29) is 9.73 Å². The highest BCUT2D eigenvalue weighted by Gasteiger charge is 2.27. The van der Waals surface area contributed by atoms with Gasteiger partial charge in [-0.3, -0.25) is 9.47 Å². The lowest BCUT2D eigenvalue weighted by Crippen LogP contribution is -2.40. The van der Waals surface area contributed by atoms with E-state index in [4.69, 9.17) is 37.7 Å². The number of oxazole rings is 1. The molecule has 1 aromatic heterocycles. The summed E-state index contributed by atoms with van der Waals surface area (Å²) in [5, 5.41) is 0.658. The van der Waals surface area contributed by atoms with E-state index in [1.54, 1.807) is 34.9 Å². The summed E-state index contributed by atoms with van der Waals surface area (Å²) in [7, 11) is -1.69. The molecule has 0 spiro atoms. The van der Waals surface area contributed by atoms with Crippen LogP contribution in [0.2, 0.25) is 5.02 Å². The lowest BCUT2D eigenvalue weighted by Gasteiger charge is -2.26. The maximum absolute atomic E-state index is 13.0. The molecule has 32 heavy (non-hydrogen) atoms. The highest BCUT2D eigenvalue weighted by molar-refractivity contribution is 7.89. The standard InChI is InChI=1S/C21H24ClN3O5S2/c1-23(8-13-29-17-4-2-16(22)3-5-17)15-25-19-14-18(6-7-20(19)30-21(25)31)32(26,27)24-9-11-28-12-10-24/h2-7,14H,8-13,15H2,1H3. The van der Waals surface area contributed by atoms with E-state index in [0.717, 1.165) is 5.75 Å². The Balaban J connectivity index is 1.48. The molecule has 0 atom stereocenters. The number of halogens is 1. The van der Waals surface area contributed by atoms with Crippen LogP contribution in [0.3, 0.4) is 0 Å². The van der Waals surface area contributed by atoms with Gasteiger partial charge in [0.25, 0.3) is 4.84 Å². The van der Waals surface area contributed by atoms with Crippen molar-refractivity contribution in [2.24, 2.45) is 0 Å². The number of aromatic nitrogens is 1. The van der Waals surface area contributed by atoms with Crippen LogP contribution >= 0.6 is 23.8 Å². The average molecular weight is 498 g/mol. The van der Waals surface area contributed by atoms with E-state index in [1.807, 2.05) is 24.1 Å². The maximum atomic E-state index is 13.0. The molecule has 3 aromatic rings. The van der Waals surface area contributed by atoms with Crippen molar-refractivity contribution in [3.8, 4) is 5.75 Å². The van der Waals surface area contributed by atoms with Crippen LogP contribution in [0.5, 0.6) is 5.75 Å². The first-order valence-corrected chi connectivity index (χ1v) is 12.4. The van der Waals surface area contributed by atoms with Gasteiger partial charge in [-0.2, -0.15) is 4.31 Å². The minimum Gasteiger partial charge on any atom is -0.492 e. The van der Waals surface area contributed by atoms with Gasteiger partial charge in [-0.05, 0) is 61.7 Å². The van der Waals surface area contributed by atoms with E-state index in [1.165, 1.54) is 4.31 Å². The molecule has 0 amide bonds. The number of benzene rings is 2. The number of morpholine rings is 1. The number of fused-ring (bicyclic) bond motifs is 1. The summed E-state index contributed by atoms with van der Waals surface area (Å²) >= 11 is 11.3. The second-order valence-electron chi connectivity index (χ2n) is 7.47. The number of nitrogens with zero attached hydrogens (tertiary/aromatic N) is 3. The Morgan fingerprint density at radius 3 is 2.59 bits per heavy atom. The molecule has 0 radical (unpaired) electrons. The number of hydrogen-bond acceptors (Lipinski definition) is 7. The SMILES string of the molecule is CN(CCOc1ccc(Cl)cc1)Cn1c(=S)oc2ccc(S(=O)(=O)N3CCOCC3)cc21. The minimum absolute atomic E-state index is 0.213. The molecule has 1 fully saturated rings. The highest BCUT2D eigenvalue weighted by atomic mass is 35.5. The molecule has 2 aromatic carbocycles. The molecule has 0 saturated carbocycles. The lowest BCUT2D eigenvalue weighted by molar-refractivity contribution is 0.0730. The van der Waals surface area contributed by atoms with Gasteiger partial charge in [0.2, 0.25) is 10.0 Å². The highest BCUT2D eigenvalue weighted by Crippen LogP contribution is 2.25. The lowest BCUT2D eigenvalue weighted by atomic mass is 10.3. The smallest absolute Gasteiger partial charge is 0.270 e. The normalized spacial score (nSPS) is 15.5. The second kappa shape index (κ2) is 9.90. The molecule has 1 aliphatic heterocycles. The summed E-state index contributed by atoms with van der Waals surface area (Å²) in [6.07, 6.45) is 0. The fraction of sp³-hybridized carbons (Fsp3) is 0.381. The molecule has 0 bridgehead atoms. The van der Waals surface area contributed by atoms with Gasteiger partial charge >= 0.3 is 0 Å². The molecule has 1 saturated heterocycles. The van der Waals surface area contributed by atoms with Crippen molar-refractivity contribution in [3.05, 3.63) is 52.3 Å². The Morgan fingerprint density at radius 1 is 1.16 bits per heavy atom. The molecular formula is C21H24ClN3O5S2. The number of sulfonamides is 1. The molecule has 11 heteroatoms. The first-order valence-electron chi connectivity index (χ1n) is 10.1. The van der Waals surface area contributed by atoms with E-state index in [2.05, 4.69) is 0 Å². The zero-order chi connectivity index (χ0) is 22.7. The minimum atomic E-state index is -3.62. The third kappa shape index (κ3) is 5.16. The van der Waals surface area contributed by atoms with Crippen molar-refractivity contribution in [1.29, 1.82) is 0 Å². The number of hydrogen-bond donors (Lipinski definition) is 0. The predicted molar refractivity (Wildman–Crippen MR) is 124 cm³/mol. The van der Waals surface area contributed by atoms with Gasteiger partial charge in [-0.1, -0.05) is 11.6 Å². The summed E-state index contributed by atoms with van der Waals surface area (Å²) < 4.78 is 46.0. The fourth-order valence-corrected chi connectivity index (χ4v) is 5.23. The third-order valence-electron chi connectivity index (χ3n) is 5.18. The van der Waals surface area contributed by atoms with Crippen LogP contribution in [0.15, 0.2) is 51.8 Å². The first kappa shape index (κ1) is 23.2. The Kier molecular flexibility index (Phi) is 7.18. The molecule has 0 N–H and O–H groups in total. The zero-order valence-corrected chi connectivity index (χ0v) is 20.0. The number of ether oxygens (including phenoxy) is 2. The second-order valence-corrected chi connectivity index (χ2v) is 10.2. The van der Waals surface area contributed by atoms with Crippen molar-refractivity contribution in [3.63, 3.8) is 0 Å². The average Bonchev–Trinajstić information content (AvgIpc) is 3.10. The van der Waals surface area contributed by atoms with Gasteiger partial charge in [0.05, 0.1) is 30.3 Å². The van der Waals surface area contributed by atoms with E-state index < -0.39 is 10.0 Å². The third-order valence-corrected chi connectivity index (χ3v) is 7.64. The fourth-order valence-electron chi connectivity index (χ4n) is 3.43. The Hall–Kier alpha value is -1.95. The Morgan fingerprint density at radius 2 is 1.88 bits per heavy atom. The number of rotatable bonds is 8. The monoisotopic (exact) mass is 497 g/mol. The van der Waals surface area contributed by atoms with Crippen molar-refractivity contribution < 1.29 is 22.3 Å². The van der Waals surface area contributed by atoms with Crippen molar-refractivity contribution in [2.75, 3.05) is 46.5 Å². The van der Waals surface area contributed by atoms with E-state index in [0.29, 0.717) is 62.2 Å². The van der Waals surface area contributed by atoms with Crippen LogP contribution in [0.25, 0.3) is 11.1 Å². The van der Waals surface area contributed by atoms with Gasteiger partial charge in [-0.25, -0.2) is 8.42 Å². The van der Waals surface area contributed by atoms with Gasteiger partial charge in [0.15, 0.2) is 5.58 Å². The van der Waals surface area contributed by atoms with E-state index >= 15 is 0 Å². The maximum Gasteiger partial charge on any atom is 0.270 e. The summed E-state index contributed by atoms with van der Waals surface area (Å²) in [6, 6.07) is 12.0. The molecule has 172 valence electrons. The van der Waals surface area contributed by atoms with Crippen molar-refractivity contribution in [1.82, 2.24) is 13.8 Å². The molecule has 8 nitrogen and oxygen atoms in total. The largest absolute Gasteiger partial charge is 0.492 e. The van der Waals surface area contributed by atoms with Gasteiger partial charge in [0.1, 0.15) is 12.4 Å². The summed E-state index contributed by atoms with van der Waals surface area (Å²) in [4.78, 5) is 2.51. The molecule has 4 rings (SSSR count). The molecule has 2 heterocycles. The van der Waals surface area contributed by atoms with Crippen LogP contribution in [-0.4, -0.2) is 68.7 Å². The van der Waals surface area contributed by atoms with Gasteiger partial charge < -0.3 is 13.9 Å². The van der Waals surface area contributed by atoms with Crippen LogP contribution in [0.1, 0.15) is 0 Å². The topological polar surface area (TPSA) is 77.2 Å². The Bertz CT molecular complexity index is 1230. The summed E-state index contributed by atoms with van der Waals surface area (Å²) in [5.41, 5.74) is 1.18. The molecule has 1 aliphatic rings. The summed E-state index contributed by atoms with van der Waals surface area (Å²) in [5.74, 6) is 0.742. The predicted octanol–water partition coefficient (Wildman–Crippen LogP) is 3.61. The van der Waals surface area contributed by atoms with Crippen molar-refractivity contribution in [2.45, 2.75) is 11.6 Å². The first-order chi connectivity index (χ1) is 15.3. The molecular weight excluding hydrogens is 474 g/mol. The number of likely N-dealkylation sites (N-methyl/N-ethyl adjacent to an activating group) is 1. The Labute approximate surface area is 196 Å². The van der Waals surface area contributed by atoms with Gasteiger partial charge in [0, 0.05) is 24.7 Å². The van der Waals surface area contributed by atoms with Crippen LogP contribution in [-0.2, 0) is 21.4 Å². The van der Waals surface area contributed by atoms with E-state index in [9.17, 15) is 8.42 Å². The summed E-state index contributed by atoms with van der Waals surface area (Å²) in [6.45, 7) is 3.00. The van der Waals surface area contributed by atoms with Crippen molar-refractivity contribution >= 4 is 44.9 Å². The molecule has 0 aliphatic carbocycles.